The van der Waals surface area contributed by atoms with Gasteiger partial charge in [-0.3, -0.25) is 0 Å². The van der Waals surface area contributed by atoms with Crippen LogP contribution in [0.2, 0.25) is 5.02 Å². The van der Waals surface area contributed by atoms with Gasteiger partial charge < -0.3 is 20.3 Å². The van der Waals surface area contributed by atoms with Crippen molar-refractivity contribution < 1.29 is 18.0 Å². The summed E-state index contributed by atoms with van der Waals surface area (Å²) in [7, 11) is -3.45. The predicted molar refractivity (Wildman–Crippen MR) is 123 cm³/mol. The van der Waals surface area contributed by atoms with E-state index in [1.165, 1.54) is 24.7 Å². The van der Waals surface area contributed by atoms with Crippen molar-refractivity contribution in [3.63, 3.8) is 0 Å². The van der Waals surface area contributed by atoms with E-state index in [2.05, 4.69) is 30.7 Å². The van der Waals surface area contributed by atoms with Crippen LogP contribution in [0.25, 0.3) is 11.5 Å². The van der Waals surface area contributed by atoms with Gasteiger partial charge in [0.15, 0.2) is 16.2 Å². The Morgan fingerprint density at radius 2 is 1.94 bits per heavy atom. The van der Waals surface area contributed by atoms with Crippen LogP contribution < -0.4 is 10.6 Å². The second kappa shape index (κ2) is 9.53. The van der Waals surface area contributed by atoms with Crippen molar-refractivity contribution in [2.24, 2.45) is 0 Å². The maximum atomic E-state index is 11.8. The van der Waals surface area contributed by atoms with Crippen molar-refractivity contribution in [1.82, 2.24) is 20.1 Å². The van der Waals surface area contributed by atoms with E-state index in [-0.39, 0.29) is 28.4 Å². The van der Waals surface area contributed by atoms with Crippen LogP contribution in [-0.4, -0.2) is 46.5 Å². The Hall–Kier alpha value is -3.54. The number of benzene rings is 2. The zero-order valence-corrected chi connectivity index (χ0v) is 18.9. The molecule has 0 radical (unpaired) electrons. The molecule has 3 N–H and O–H groups in total. The monoisotopic (exact) mass is 486 g/mol. The molecule has 1 atom stereocenters. The van der Waals surface area contributed by atoms with Gasteiger partial charge in [0.25, 0.3) is 5.89 Å². The van der Waals surface area contributed by atoms with Gasteiger partial charge in [-0.05, 0) is 23.8 Å². The predicted octanol–water partition coefficient (Wildman–Crippen LogP) is 3.47. The first-order valence-electron chi connectivity index (χ1n) is 9.68. The lowest BCUT2D eigenvalue weighted by Gasteiger charge is -2.19. The largest absolute Gasteiger partial charge is 0.394 e. The molecule has 0 spiro atoms. The lowest BCUT2D eigenvalue weighted by molar-refractivity contribution is 0.276. The fraction of sp³-hybridized carbons (Fsp3) is 0.143. The molecule has 0 fully saturated rings. The van der Waals surface area contributed by atoms with Crippen LogP contribution in [0.4, 0.5) is 17.5 Å². The maximum Gasteiger partial charge on any atom is 0.262 e. The van der Waals surface area contributed by atoms with Gasteiger partial charge >= 0.3 is 0 Å². The van der Waals surface area contributed by atoms with Gasteiger partial charge in [-0.25, -0.2) is 13.4 Å². The second-order valence-corrected chi connectivity index (χ2v) is 9.43. The van der Waals surface area contributed by atoms with Gasteiger partial charge in [0.05, 0.1) is 22.6 Å². The third-order valence-corrected chi connectivity index (χ3v) is 6.24. The van der Waals surface area contributed by atoms with Crippen molar-refractivity contribution in [3.8, 4) is 11.5 Å². The molecule has 33 heavy (non-hydrogen) atoms. The molecular weight excluding hydrogens is 468 g/mol. The van der Waals surface area contributed by atoms with E-state index >= 15 is 0 Å². The zero-order chi connectivity index (χ0) is 23.4. The van der Waals surface area contributed by atoms with Crippen LogP contribution in [0.1, 0.15) is 11.6 Å². The van der Waals surface area contributed by atoms with Gasteiger partial charge in [0.2, 0.25) is 5.95 Å². The summed E-state index contributed by atoms with van der Waals surface area (Å²) in [6, 6.07) is 13.4. The molecule has 2 aromatic carbocycles. The highest BCUT2D eigenvalue weighted by Gasteiger charge is 2.19. The van der Waals surface area contributed by atoms with E-state index in [9.17, 15) is 13.5 Å². The molecule has 0 aliphatic heterocycles. The fourth-order valence-corrected chi connectivity index (χ4v) is 4.42. The van der Waals surface area contributed by atoms with E-state index < -0.39 is 15.9 Å². The number of sulfone groups is 1. The van der Waals surface area contributed by atoms with Crippen molar-refractivity contribution in [1.29, 1.82) is 0 Å². The van der Waals surface area contributed by atoms with E-state index in [1.54, 1.807) is 6.07 Å². The Morgan fingerprint density at radius 3 is 2.58 bits per heavy atom. The van der Waals surface area contributed by atoms with Crippen molar-refractivity contribution in [2.75, 3.05) is 23.5 Å². The van der Waals surface area contributed by atoms with Crippen molar-refractivity contribution in [2.45, 2.75) is 10.9 Å². The molecular formula is C21H19ClN6O4S. The molecule has 0 aliphatic rings. The molecule has 4 rings (SSSR count). The quantitative estimate of drug-likeness (QED) is 0.338. The Balaban J connectivity index is 1.67. The molecule has 0 saturated heterocycles. The Morgan fingerprint density at radius 1 is 1.15 bits per heavy atom. The highest BCUT2D eigenvalue weighted by Crippen LogP contribution is 2.30. The average Bonchev–Trinajstić information content (AvgIpc) is 3.32. The van der Waals surface area contributed by atoms with Gasteiger partial charge in [-0.1, -0.05) is 47.1 Å². The lowest BCUT2D eigenvalue weighted by Crippen LogP contribution is -2.17. The Bertz CT molecular complexity index is 1350. The van der Waals surface area contributed by atoms with E-state index in [0.717, 1.165) is 11.8 Å². The third-order valence-electron chi connectivity index (χ3n) is 4.66. The van der Waals surface area contributed by atoms with Gasteiger partial charge in [0, 0.05) is 18.1 Å². The normalized spacial score (nSPS) is 12.3. The minimum Gasteiger partial charge on any atom is -0.394 e. The Kier molecular flexibility index (Phi) is 6.54. The van der Waals surface area contributed by atoms with Crippen LogP contribution in [0, 0.1) is 0 Å². The number of rotatable bonds is 8. The van der Waals surface area contributed by atoms with Crippen LogP contribution in [0.3, 0.4) is 0 Å². The Labute approximate surface area is 194 Å². The van der Waals surface area contributed by atoms with E-state index in [1.807, 2.05) is 30.3 Å². The second-order valence-electron chi connectivity index (χ2n) is 7.03. The molecule has 2 aromatic heterocycles. The van der Waals surface area contributed by atoms with Gasteiger partial charge in [-0.2, -0.15) is 9.97 Å². The summed E-state index contributed by atoms with van der Waals surface area (Å²) in [6.07, 6.45) is 3.84. The number of halogens is 1. The summed E-state index contributed by atoms with van der Waals surface area (Å²) in [6.45, 7) is -0.192. The lowest BCUT2D eigenvalue weighted by atomic mass is 10.1. The molecule has 0 unspecified atom stereocenters. The minimum atomic E-state index is -3.45. The van der Waals surface area contributed by atoms with E-state index in [4.69, 9.17) is 16.1 Å². The van der Waals surface area contributed by atoms with Crippen molar-refractivity contribution in [3.05, 3.63) is 71.6 Å². The number of hydrogen-bond acceptors (Lipinski definition) is 10. The summed E-state index contributed by atoms with van der Waals surface area (Å²) in [5.41, 5.74) is 1.79. The molecule has 0 amide bonds. The molecule has 0 aliphatic carbocycles. The first-order valence-corrected chi connectivity index (χ1v) is 11.9. The van der Waals surface area contributed by atoms with Crippen LogP contribution >= 0.6 is 11.6 Å². The standard InChI is InChI=1S/C21H19ClN6O4S/c1-33(30,31)18-8-7-14(9-16(18)22)26-21-23-10-15(20-24-12-25-32-20)19(28-21)27-17(11-29)13-5-3-2-4-6-13/h2-10,12,17,29H,11H2,1H3,(H2,23,26,27,28)/t17-/m1/s1. The first kappa shape index (κ1) is 22.6. The summed E-state index contributed by atoms with van der Waals surface area (Å²) in [5.74, 6) is 0.751. The van der Waals surface area contributed by atoms with Crippen LogP contribution in [0.5, 0.6) is 0 Å². The van der Waals surface area contributed by atoms with Crippen LogP contribution in [-0.2, 0) is 9.84 Å². The highest BCUT2D eigenvalue weighted by molar-refractivity contribution is 7.90. The summed E-state index contributed by atoms with van der Waals surface area (Å²) >= 11 is 6.13. The summed E-state index contributed by atoms with van der Waals surface area (Å²) in [5, 5.41) is 19.8. The number of aromatic nitrogens is 4. The minimum absolute atomic E-state index is 0.0263. The zero-order valence-electron chi connectivity index (χ0n) is 17.3. The molecule has 170 valence electrons. The molecule has 0 saturated carbocycles. The molecule has 12 heteroatoms. The number of nitrogens with one attached hydrogen (secondary N) is 2. The smallest absolute Gasteiger partial charge is 0.262 e. The first-order chi connectivity index (χ1) is 15.8. The third kappa shape index (κ3) is 5.28. The highest BCUT2D eigenvalue weighted by atomic mass is 35.5. The number of nitrogens with zero attached hydrogens (tertiary/aromatic N) is 4. The average molecular weight is 487 g/mol. The number of aliphatic hydroxyl groups excluding tert-OH is 1. The SMILES string of the molecule is CS(=O)(=O)c1ccc(Nc2ncc(-c3ncno3)c(N[C@H](CO)c3ccccc3)n2)cc1Cl. The number of aliphatic hydroxyl groups is 1. The summed E-state index contributed by atoms with van der Waals surface area (Å²) < 4.78 is 28.7. The molecule has 10 nitrogen and oxygen atoms in total. The molecule has 4 aromatic rings. The molecule has 0 bridgehead atoms. The topological polar surface area (TPSA) is 143 Å². The summed E-state index contributed by atoms with van der Waals surface area (Å²) in [4.78, 5) is 12.9. The maximum absolute atomic E-state index is 11.8. The van der Waals surface area contributed by atoms with Crippen molar-refractivity contribution >= 4 is 38.9 Å². The van der Waals surface area contributed by atoms with Crippen LogP contribution in [0.15, 0.2) is 70.5 Å². The van der Waals surface area contributed by atoms with Gasteiger partial charge in [0.1, 0.15) is 11.4 Å². The molecule has 2 heterocycles. The number of hydrogen-bond donors (Lipinski definition) is 3. The van der Waals surface area contributed by atoms with E-state index in [0.29, 0.717) is 17.1 Å². The number of anilines is 3. The fourth-order valence-electron chi connectivity index (χ4n) is 3.09. The van der Waals surface area contributed by atoms with Gasteiger partial charge in [-0.15, -0.1) is 0 Å².